The van der Waals surface area contributed by atoms with Gasteiger partial charge in [-0.2, -0.15) is 0 Å². The summed E-state index contributed by atoms with van der Waals surface area (Å²) in [6.45, 7) is 2.95. The standard InChI is InChI=1S/C23H20N2O4/c1-16-4-2-5-17(12-16)15-29-21-7-3-6-19(13-21)23(26)24-11-10-18-8-9-20(25(27)28)14-22(18)24/h2-9,12-14H,10-11,15H2,1H3. The van der Waals surface area contributed by atoms with Crippen molar-refractivity contribution in [3.63, 3.8) is 0 Å². The molecular weight excluding hydrogens is 368 g/mol. The van der Waals surface area contributed by atoms with Crippen LogP contribution in [0.5, 0.6) is 5.75 Å². The molecule has 0 aliphatic carbocycles. The highest BCUT2D eigenvalue weighted by atomic mass is 16.6. The van der Waals surface area contributed by atoms with Crippen LogP contribution in [-0.4, -0.2) is 17.4 Å². The molecule has 0 N–H and O–H groups in total. The number of nitro benzene ring substituents is 1. The van der Waals surface area contributed by atoms with Gasteiger partial charge in [0.05, 0.1) is 10.6 Å². The molecule has 0 fully saturated rings. The predicted octanol–water partition coefficient (Wildman–Crippen LogP) is 4.69. The van der Waals surface area contributed by atoms with Crippen LogP contribution >= 0.6 is 0 Å². The molecule has 0 bridgehead atoms. The van der Waals surface area contributed by atoms with Crippen LogP contribution in [-0.2, 0) is 13.0 Å². The van der Waals surface area contributed by atoms with Crippen LogP contribution in [0.4, 0.5) is 11.4 Å². The van der Waals surface area contributed by atoms with Gasteiger partial charge < -0.3 is 9.64 Å². The number of amides is 1. The minimum Gasteiger partial charge on any atom is -0.489 e. The van der Waals surface area contributed by atoms with Gasteiger partial charge in [0.25, 0.3) is 11.6 Å². The van der Waals surface area contributed by atoms with Crippen molar-refractivity contribution in [2.75, 3.05) is 11.4 Å². The van der Waals surface area contributed by atoms with Gasteiger partial charge in [0.15, 0.2) is 0 Å². The van der Waals surface area contributed by atoms with Gasteiger partial charge >= 0.3 is 0 Å². The molecule has 29 heavy (non-hydrogen) atoms. The summed E-state index contributed by atoms with van der Waals surface area (Å²) in [7, 11) is 0. The molecule has 0 radical (unpaired) electrons. The molecule has 0 aromatic heterocycles. The van der Waals surface area contributed by atoms with Crippen molar-refractivity contribution in [1.29, 1.82) is 0 Å². The summed E-state index contributed by atoms with van der Waals surface area (Å²) in [4.78, 5) is 25.3. The smallest absolute Gasteiger partial charge is 0.271 e. The first-order valence-electron chi connectivity index (χ1n) is 9.39. The number of nitro groups is 1. The minimum atomic E-state index is -0.443. The molecule has 0 spiro atoms. The molecular formula is C23H20N2O4. The number of benzene rings is 3. The van der Waals surface area contributed by atoms with Crippen LogP contribution in [0.2, 0.25) is 0 Å². The Bertz CT molecular complexity index is 1090. The second-order valence-electron chi connectivity index (χ2n) is 7.08. The normalized spacial score (nSPS) is 12.5. The Morgan fingerprint density at radius 3 is 2.72 bits per heavy atom. The number of carbonyl (C=O) groups excluding carboxylic acids is 1. The van der Waals surface area contributed by atoms with E-state index in [1.54, 1.807) is 29.2 Å². The monoisotopic (exact) mass is 388 g/mol. The Morgan fingerprint density at radius 1 is 1.10 bits per heavy atom. The lowest BCUT2D eigenvalue weighted by molar-refractivity contribution is -0.384. The maximum absolute atomic E-state index is 13.1. The number of aryl methyl sites for hydroxylation is 1. The highest BCUT2D eigenvalue weighted by molar-refractivity contribution is 6.07. The van der Waals surface area contributed by atoms with Gasteiger partial charge in [0.2, 0.25) is 0 Å². The average Bonchev–Trinajstić information content (AvgIpc) is 3.15. The van der Waals surface area contributed by atoms with Crippen molar-refractivity contribution in [3.05, 3.63) is 99.1 Å². The molecule has 4 rings (SSSR count). The topological polar surface area (TPSA) is 72.7 Å². The van der Waals surface area contributed by atoms with Gasteiger partial charge in [-0.25, -0.2) is 0 Å². The first-order chi connectivity index (χ1) is 14.0. The summed E-state index contributed by atoms with van der Waals surface area (Å²) in [5.41, 5.74) is 4.25. The zero-order chi connectivity index (χ0) is 20.4. The van der Waals surface area contributed by atoms with E-state index in [2.05, 4.69) is 6.07 Å². The van der Waals surface area contributed by atoms with Crippen LogP contribution < -0.4 is 9.64 Å². The first-order valence-corrected chi connectivity index (χ1v) is 9.39. The fraction of sp³-hybridized carbons (Fsp3) is 0.174. The highest BCUT2D eigenvalue weighted by Gasteiger charge is 2.27. The molecule has 6 nitrogen and oxygen atoms in total. The molecule has 0 saturated carbocycles. The van der Waals surface area contributed by atoms with Crippen LogP contribution in [0.3, 0.4) is 0 Å². The van der Waals surface area contributed by atoms with Gasteiger partial charge in [0.1, 0.15) is 12.4 Å². The molecule has 146 valence electrons. The van der Waals surface area contributed by atoms with E-state index in [0.29, 0.717) is 36.6 Å². The molecule has 1 aliphatic heterocycles. The number of nitrogens with zero attached hydrogens (tertiary/aromatic N) is 2. The van der Waals surface area contributed by atoms with E-state index in [1.165, 1.54) is 12.1 Å². The lowest BCUT2D eigenvalue weighted by Crippen LogP contribution is -2.28. The van der Waals surface area contributed by atoms with Crippen molar-refractivity contribution in [2.45, 2.75) is 20.0 Å². The van der Waals surface area contributed by atoms with Gasteiger partial charge in [0, 0.05) is 24.2 Å². The third-order valence-corrected chi connectivity index (χ3v) is 4.99. The molecule has 1 heterocycles. The van der Waals surface area contributed by atoms with Crippen LogP contribution in [0, 0.1) is 17.0 Å². The maximum Gasteiger partial charge on any atom is 0.271 e. The van der Waals surface area contributed by atoms with E-state index >= 15 is 0 Å². The number of fused-ring (bicyclic) bond motifs is 1. The molecule has 3 aromatic carbocycles. The number of hydrogen-bond donors (Lipinski definition) is 0. The van der Waals surface area contributed by atoms with E-state index in [1.807, 2.05) is 31.2 Å². The summed E-state index contributed by atoms with van der Waals surface area (Å²) < 4.78 is 5.86. The van der Waals surface area contributed by atoms with E-state index in [0.717, 1.165) is 16.7 Å². The van der Waals surface area contributed by atoms with Crippen molar-refractivity contribution in [1.82, 2.24) is 0 Å². The molecule has 0 atom stereocenters. The molecule has 0 unspecified atom stereocenters. The zero-order valence-corrected chi connectivity index (χ0v) is 16.0. The van der Waals surface area contributed by atoms with Gasteiger partial charge in [-0.1, -0.05) is 42.0 Å². The molecule has 1 amide bonds. The second-order valence-corrected chi connectivity index (χ2v) is 7.08. The second kappa shape index (κ2) is 7.75. The highest BCUT2D eigenvalue weighted by Crippen LogP contribution is 2.33. The van der Waals surface area contributed by atoms with E-state index < -0.39 is 4.92 Å². The fourth-order valence-corrected chi connectivity index (χ4v) is 3.54. The Balaban J connectivity index is 1.53. The maximum atomic E-state index is 13.1. The summed E-state index contributed by atoms with van der Waals surface area (Å²) in [5.74, 6) is 0.418. The van der Waals surface area contributed by atoms with Crippen LogP contribution in [0.1, 0.15) is 27.0 Å². The molecule has 3 aromatic rings. The van der Waals surface area contributed by atoms with Crippen molar-refractivity contribution < 1.29 is 14.5 Å². The SMILES string of the molecule is Cc1cccc(COc2cccc(C(=O)N3CCc4ccc([N+](=O)[O-])cc43)c2)c1. The first kappa shape index (κ1) is 18.7. The number of anilines is 1. The number of ether oxygens (including phenoxy) is 1. The fourth-order valence-electron chi connectivity index (χ4n) is 3.54. The van der Waals surface area contributed by atoms with Crippen molar-refractivity contribution >= 4 is 17.3 Å². The molecule has 6 heteroatoms. The summed E-state index contributed by atoms with van der Waals surface area (Å²) >= 11 is 0. The average molecular weight is 388 g/mol. The van der Waals surface area contributed by atoms with Gasteiger partial charge in [-0.05, 0) is 42.7 Å². The van der Waals surface area contributed by atoms with Gasteiger partial charge in [-0.3, -0.25) is 14.9 Å². The Morgan fingerprint density at radius 2 is 1.93 bits per heavy atom. The lowest BCUT2D eigenvalue weighted by atomic mass is 10.1. The van der Waals surface area contributed by atoms with Crippen LogP contribution in [0.25, 0.3) is 0 Å². The quantitative estimate of drug-likeness (QED) is 0.470. The predicted molar refractivity (Wildman–Crippen MR) is 110 cm³/mol. The van der Waals surface area contributed by atoms with Crippen molar-refractivity contribution in [3.8, 4) is 5.75 Å². The Hall–Kier alpha value is -3.67. The van der Waals surface area contributed by atoms with Crippen molar-refractivity contribution in [2.24, 2.45) is 0 Å². The number of rotatable bonds is 5. The van der Waals surface area contributed by atoms with Gasteiger partial charge in [-0.15, -0.1) is 0 Å². The summed E-state index contributed by atoms with van der Waals surface area (Å²) in [5, 5.41) is 11.1. The Kier molecular flexibility index (Phi) is 4.99. The lowest BCUT2D eigenvalue weighted by Gasteiger charge is -2.18. The van der Waals surface area contributed by atoms with E-state index in [-0.39, 0.29) is 11.6 Å². The summed E-state index contributed by atoms with van der Waals surface area (Å²) in [6, 6.07) is 19.8. The third kappa shape index (κ3) is 3.96. The molecule has 0 saturated heterocycles. The number of carbonyl (C=O) groups is 1. The van der Waals surface area contributed by atoms with E-state index in [4.69, 9.17) is 4.74 Å². The summed E-state index contributed by atoms with van der Waals surface area (Å²) in [6.07, 6.45) is 0.683. The molecule has 1 aliphatic rings. The Labute approximate surface area is 168 Å². The van der Waals surface area contributed by atoms with E-state index in [9.17, 15) is 14.9 Å². The third-order valence-electron chi connectivity index (χ3n) is 4.99. The number of non-ortho nitro benzene ring substituents is 1. The minimum absolute atomic E-state index is 0.0151. The van der Waals surface area contributed by atoms with Crippen LogP contribution in [0.15, 0.2) is 66.7 Å². The zero-order valence-electron chi connectivity index (χ0n) is 16.0. The largest absolute Gasteiger partial charge is 0.489 e. The number of hydrogen-bond acceptors (Lipinski definition) is 4.